The van der Waals surface area contributed by atoms with Crippen molar-refractivity contribution in [3.05, 3.63) is 53.6 Å². The van der Waals surface area contributed by atoms with E-state index in [4.69, 9.17) is 0 Å². The number of para-hydroxylation sites is 1. The average molecular weight is 459 g/mol. The van der Waals surface area contributed by atoms with Crippen LogP contribution in [-0.2, 0) is 34.2 Å². The second kappa shape index (κ2) is 8.63. The number of rotatable bonds is 6. The molecule has 1 aliphatic rings. The zero-order valence-corrected chi connectivity index (χ0v) is 19.3. The molecule has 0 spiro atoms. The van der Waals surface area contributed by atoms with Crippen molar-refractivity contribution >= 4 is 32.7 Å². The number of hydrogen-bond acceptors (Lipinski definition) is 4. The molecule has 2 heterocycles. The quantitative estimate of drug-likeness (QED) is 0.568. The maximum absolute atomic E-state index is 14.4. The molecular formula is C23H27FN4O3S. The van der Waals surface area contributed by atoms with Crippen LogP contribution in [0.2, 0.25) is 0 Å². The lowest BCUT2D eigenvalue weighted by Crippen LogP contribution is -2.36. The van der Waals surface area contributed by atoms with E-state index < -0.39 is 10.0 Å². The summed E-state index contributed by atoms with van der Waals surface area (Å²) in [5.74, 6) is 0.202. The summed E-state index contributed by atoms with van der Waals surface area (Å²) < 4.78 is 42.5. The van der Waals surface area contributed by atoms with Crippen LogP contribution >= 0.6 is 0 Å². The molecule has 0 N–H and O–H groups in total. The third kappa shape index (κ3) is 3.91. The van der Waals surface area contributed by atoms with Crippen molar-refractivity contribution in [2.75, 3.05) is 25.5 Å². The Kier molecular flexibility index (Phi) is 6.05. The van der Waals surface area contributed by atoms with Gasteiger partial charge in [-0.2, -0.15) is 0 Å². The highest BCUT2D eigenvalue weighted by Crippen LogP contribution is 2.31. The molecular weight excluding hydrogens is 431 g/mol. The maximum Gasteiger partial charge on any atom is 0.242 e. The molecule has 0 fully saturated rings. The van der Waals surface area contributed by atoms with Crippen molar-refractivity contribution < 1.29 is 17.6 Å². The van der Waals surface area contributed by atoms with E-state index in [1.807, 2.05) is 17.6 Å². The molecule has 1 aromatic heterocycles. The van der Waals surface area contributed by atoms with Crippen molar-refractivity contribution in [1.29, 1.82) is 0 Å². The number of hydrogen-bond donors (Lipinski definition) is 0. The molecule has 0 saturated heterocycles. The Hall–Kier alpha value is -2.78. The molecule has 3 aromatic rings. The summed E-state index contributed by atoms with van der Waals surface area (Å²) in [6, 6.07) is 9.83. The fourth-order valence-corrected chi connectivity index (χ4v) is 5.20. The molecule has 0 bridgehead atoms. The predicted molar refractivity (Wildman–Crippen MR) is 122 cm³/mol. The van der Waals surface area contributed by atoms with Gasteiger partial charge in [-0.1, -0.05) is 12.1 Å². The van der Waals surface area contributed by atoms with Crippen LogP contribution in [0, 0.1) is 5.82 Å². The number of aromatic nitrogens is 2. The molecule has 9 heteroatoms. The Balaban J connectivity index is 1.59. The standard InChI is InChI=1S/C23H27FN4O3S/c1-4-27-20-11-10-17(32(30,31)26(2)3)15-19(20)25-21(27)12-13-22(29)28-14-6-8-16-7-5-9-18(24)23(16)28/h5,7,9-11,15H,4,6,8,12-14H2,1-3H3. The monoisotopic (exact) mass is 458 g/mol. The molecule has 2 aromatic carbocycles. The fraction of sp³-hybridized carbons (Fsp3) is 0.391. The van der Waals surface area contributed by atoms with Crippen LogP contribution in [0.5, 0.6) is 0 Å². The Morgan fingerprint density at radius 3 is 2.72 bits per heavy atom. The van der Waals surface area contributed by atoms with E-state index >= 15 is 0 Å². The molecule has 7 nitrogen and oxygen atoms in total. The summed E-state index contributed by atoms with van der Waals surface area (Å²) in [5.41, 5.74) is 2.65. The second-order valence-corrected chi connectivity index (χ2v) is 10.3. The molecule has 32 heavy (non-hydrogen) atoms. The highest BCUT2D eigenvalue weighted by atomic mass is 32.2. The molecule has 0 aliphatic carbocycles. The third-order valence-corrected chi connectivity index (χ3v) is 7.74. The highest BCUT2D eigenvalue weighted by molar-refractivity contribution is 7.89. The van der Waals surface area contributed by atoms with Crippen molar-refractivity contribution in [1.82, 2.24) is 13.9 Å². The first-order valence-corrected chi connectivity index (χ1v) is 12.2. The zero-order valence-electron chi connectivity index (χ0n) is 18.5. The van der Waals surface area contributed by atoms with Gasteiger partial charge in [0.15, 0.2) is 0 Å². The maximum atomic E-state index is 14.4. The van der Waals surface area contributed by atoms with Crippen LogP contribution in [-0.4, -0.2) is 48.8 Å². The minimum absolute atomic E-state index is 0.137. The van der Waals surface area contributed by atoms with Crippen LogP contribution in [0.15, 0.2) is 41.3 Å². The molecule has 170 valence electrons. The van der Waals surface area contributed by atoms with E-state index in [1.165, 1.54) is 24.5 Å². The summed E-state index contributed by atoms with van der Waals surface area (Å²) in [4.78, 5) is 19.4. The van der Waals surface area contributed by atoms with E-state index in [9.17, 15) is 17.6 Å². The third-order valence-electron chi connectivity index (χ3n) is 5.93. The van der Waals surface area contributed by atoms with Crippen LogP contribution in [0.1, 0.15) is 31.2 Å². The fourth-order valence-electron chi connectivity index (χ4n) is 4.28. The van der Waals surface area contributed by atoms with Crippen molar-refractivity contribution in [3.8, 4) is 0 Å². The number of imidazole rings is 1. The smallest absolute Gasteiger partial charge is 0.242 e. The van der Waals surface area contributed by atoms with Gasteiger partial charge in [0, 0.05) is 40.0 Å². The summed E-state index contributed by atoms with van der Waals surface area (Å²) in [7, 11) is -0.586. The molecule has 0 radical (unpaired) electrons. The van der Waals surface area contributed by atoms with Crippen molar-refractivity contribution in [3.63, 3.8) is 0 Å². The Morgan fingerprint density at radius 2 is 2.00 bits per heavy atom. The van der Waals surface area contributed by atoms with Crippen LogP contribution in [0.25, 0.3) is 11.0 Å². The van der Waals surface area contributed by atoms with Gasteiger partial charge >= 0.3 is 0 Å². The summed E-state index contributed by atoms with van der Waals surface area (Å²) in [6.07, 6.45) is 2.15. The number of fused-ring (bicyclic) bond motifs is 2. The molecule has 0 unspecified atom stereocenters. The number of aryl methyl sites for hydroxylation is 3. The summed E-state index contributed by atoms with van der Waals surface area (Å²) in [5, 5.41) is 0. The molecule has 4 rings (SSSR count). The van der Waals surface area contributed by atoms with Gasteiger partial charge in [-0.3, -0.25) is 4.79 Å². The Labute approximate surface area is 187 Å². The number of halogens is 1. The van der Waals surface area contributed by atoms with Gasteiger partial charge < -0.3 is 9.47 Å². The largest absolute Gasteiger partial charge is 0.328 e. The normalized spacial score (nSPS) is 14.2. The first kappa shape index (κ1) is 22.4. The van der Waals surface area contributed by atoms with Gasteiger partial charge in [0.05, 0.1) is 21.6 Å². The molecule has 0 atom stereocenters. The topological polar surface area (TPSA) is 75.5 Å². The predicted octanol–water partition coefficient (Wildman–Crippen LogP) is 3.36. The van der Waals surface area contributed by atoms with E-state index in [0.717, 1.165) is 23.9 Å². The minimum Gasteiger partial charge on any atom is -0.328 e. The Morgan fingerprint density at radius 1 is 1.22 bits per heavy atom. The average Bonchev–Trinajstić information content (AvgIpc) is 3.13. The molecule has 0 saturated carbocycles. The van der Waals surface area contributed by atoms with E-state index in [0.29, 0.717) is 36.5 Å². The van der Waals surface area contributed by atoms with E-state index in [2.05, 4.69) is 4.98 Å². The van der Waals surface area contributed by atoms with Gasteiger partial charge in [0.25, 0.3) is 0 Å². The SMILES string of the molecule is CCn1c(CCC(=O)N2CCCc3cccc(F)c32)nc2cc(S(=O)(=O)N(C)C)ccc21. The van der Waals surface area contributed by atoms with Gasteiger partial charge in [-0.05, 0) is 49.6 Å². The molecule has 1 aliphatic heterocycles. The van der Waals surface area contributed by atoms with E-state index in [-0.39, 0.29) is 23.0 Å². The number of anilines is 1. The second-order valence-electron chi connectivity index (χ2n) is 8.11. The van der Waals surface area contributed by atoms with Crippen LogP contribution < -0.4 is 4.90 Å². The van der Waals surface area contributed by atoms with Gasteiger partial charge in [-0.15, -0.1) is 0 Å². The lowest BCUT2D eigenvalue weighted by molar-refractivity contribution is -0.118. The van der Waals surface area contributed by atoms with Gasteiger partial charge in [-0.25, -0.2) is 22.1 Å². The number of carbonyl (C=O) groups excluding carboxylic acids is 1. The number of benzene rings is 2. The van der Waals surface area contributed by atoms with E-state index in [1.54, 1.807) is 29.2 Å². The number of nitrogens with zero attached hydrogens (tertiary/aromatic N) is 4. The number of amides is 1. The van der Waals surface area contributed by atoms with Gasteiger partial charge in [0.2, 0.25) is 15.9 Å². The summed E-state index contributed by atoms with van der Waals surface area (Å²) >= 11 is 0. The Bertz CT molecular complexity index is 1280. The van der Waals surface area contributed by atoms with Crippen LogP contribution in [0.4, 0.5) is 10.1 Å². The zero-order chi connectivity index (χ0) is 23.0. The number of sulfonamides is 1. The molecule has 1 amide bonds. The van der Waals surface area contributed by atoms with Crippen molar-refractivity contribution in [2.24, 2.45) is 0 Å². The summed E-state index contributed by atoms with van der Waals surface area (Å²) in [6.45, 7) is 3.12. The number of carbonyl (C=O) groups is 1. The highest BCUT2D eigenvalue weighted by Gasteiger charge is 2.26. The lowest BCUT2D eigenvalue weighted by Gasteiger charge is -2.29. The lowest BCUT2D eigenvalue weighted by atomic mass is 10.0. The van der Waals surface area contributed by atoms with Gasteiger partial charge in [0.1, 0.15) is 11.6 Å². The minimum atomic E-state index is -3.56. The first-order valence-electron chi connectivity index (χ1n) is 10.7. The van der Waals surface area contributed by atoms with Crippen LogP contribution in [0.3, 0.4) is 0 Å². The first-order chi connectivity index (χ1) is 15.2. The van der Waals surface area contributed by atoms with Crippen molar-refractivity contribution in [2.45, 2.75) is 44.0 Å².